The average Bonchev–Trinajstić information content (AvgIpc) is 2.92. The van der Waals surface area contributed by atoms with Gasteiger partial charge in [-0.3, -0.25) is 9.97 Å². The van der Waals surface area contributed by atoms with Crippen LogP contribution in [0.5, 0.6) is 23.5 Å². The van der Waals surface area contributed by atoms with Crippen LogP contribution in [-0.2, 0) is 26.5 Å². The summed E-state index contributed by atoms with van der Waals surface area (Å²) in [7, 11) is 6.21. The third kappa shape index (κ3) is 5.34. The van der Waals surface area contributed by atoms with Crippen molar-refractivity contribution in [3.63, 3.8) is 0 Å². The van der Waals surface area contributed by atoms with Crippen molar-refractivity contribution in [1.29, 1.82) is 0 Å². The maximum absolute atomic E-state index is 5.45. The Morgan fingerprint density at radius 2 is 1.03 bits per heavy atom. The summed E-state index contributed by atoms with van der Waals surface area (Å²) in [5.41, 5.74) is 3.81. The second-order valence-electron chi connectivity index (χ2n) is 8.10. The molecule has 8 nitrogen and oxygen atoms in total. The SMILES string of the molecule is COc1c[c-]c(-c2cccc(C(C)(C)c3cccc(-c4[c-]cc(OC)nc4OC)n3)n2)c(OC)n1.[Pt+2]. The number of nitrogens with zero attached hydrogens (tertiary/aromatic N) is 4. The molecule has 4 rings (SSSR count). The number of hydrogen-bond acceptors (Lipinski definition) is 8. The Morgan fingerprint density at radius 1 is 0.611 bits per heavy atom. The first-order valence-electron chi connectivity index (χ1n) is 10.9. The summed E-state index contributed by atoms with van der Waals surface area (Å²) in [5, 5.41) is 0. The number of aromatic nitrogens is 4. The Bertz CT molecular complexity index is 1250. The minimum absolute atomic E-state index is 0. The van der Waals surface area contributed by atoms with Gasteiger partial charge >= 0.3 is 21.1 Å². The largest absolute Gasteiger partial charge is 2.00 e. The fourth-order valence-corrected chi connectivity index (χ4v) is 3.61. The standard InChI is InChI=1S/C27H26N4O4.Pt/c1-27(2,21-11-7-9-19(28-21)17-13-15-23(32-3)30-25(17)34-5)22-12-8-10-20(29-22)18-14-16-24(33-4)31-26(18)35-6;/h7-12,15-16H,1-6H3;/q-2;+2. The summed E-state index contributed by atoms with van der Waals surface area (Å²) in [6, 6.07) is 21.3. The number of rotatable bonds is 8. The second kappa shape index (κ2) is 11.5. The van der Waals surface area contributed by atoms with Crippen molar-refractivity contribution >= 4 is 0 Å². The normalized spacial score (nSPS) is 10.8. The molecular weight excluding hydrogens is 639 g/mol. The van der Waals surface area contributed by atoms with Gasteiger partial charge in [0.2, 0.25) is 0 Å². The minimum Gasteiger partial charge on any atom is -0.524 e. The quantitative estimate of drug-likeness (QED) is 0.254. The van der Waals surface area contributed by atoms with Crippen molar-refractivity contribution in [2.24, 2.45) is 0 Å². The number of hydrogen-bond donors (Lipinski definition) is 0. The number of pyridine rings is 4. The van der Waals surface area contributed by atoms with Gasteiger partial charge in [0.25, 0.3) is 0 Å². The molecule has 0 saturated carbocycles. The van der Waals surface area contributed by atoms with Gasteiger partial charge in [0.15, 0.2) is 0 Å². The van der Waals surface area contributed by atoms with Crippen LogP contribution in [-0.4, -0.2) is 48.4 Å². The molecule has 4 aromatic heterocycles. The summed E-state index contributed by atoms with van der Waals surface area (Å²) in [6.45, 7) is 4.15. The van der Waals surface area contributed by atoms with Crippen LogP contribution in [0, 0.1) is 12.1 Å². The third-order valence-electron chi connectivity index (χ3n) is 5.63. The molecule has 0 atom stereocenters. The van der Waals surface area contributed by atoms with E-state index >= 15 is 0 Å². The third-order valence-corrected chi connectivity index (χ3v) is 5.63. The Hall–Kier alpha value is -3.51. The summed E-state index contributed by atoms with van der Waals surface area (Å²) in [5.74, 6) is 1.62. The molecule has 0 aliphatic carbocycles. The van der Waals surface area contributed by atoms with E-state index in [0.717, 1.165) is 11.4 Å². The summed E-state index contributed by atoms with van der Waals surface area (Å²) >= 11 is 0. The summed E-state index contributed by atoms with van der Waals surface area (Å²) in [6.07, 6.45) is 0. The van der Waals surface area contributed by atoms with Crippen LogP contribution in [0.15, 0.2) is 48.5 Å². The molecule has 0 bridgehead atoms. The number of methoxy groups -OCH3 is 4. The molecule has 188 valence electrons. The zero-order valence-electron chi connectivity index (χ0n) is 20.9. The molecule has 0 radical (unpaired) electrons. The zero-order valence-corrected chi connectivity index (χ0v) is 23.1. The fourth-order valence-electron chi connectivity index (χ4n) is 3.61. The molecule has 4 heterocycles. The Morgan fingerprint density at radius 3 is 1.39 bits per heavy atom. The molecular formula is C27H26N4O4Pt. The van der Waals surface area contributed by atoms with Crippen LogP contribution in [0.25, 0.3) is 22.5 Å². The monoisotopic (exact) mass is 665 g/mol. The van der Waals surface area contributed by atoms with Gasteiger partial charge < -0.3 is 28.9 Å². The smallest absolute Gasteiger partial charge is 0.524 e. The fraction of sp³-hybridized carbons (Fsp3) is 0.259. The molecule has 0 aliphatic heterocycles. The van der Waals surface area contributed by atoms with Gasteiger partial charge in [0.1, 0.15) is 23.5 Å². The van der Waals surface area contributed by atoms with E-state index < -0.39 is 5.41 Å². The second-order valence-corrected chi connectivity index (χ2v) is 8.10. The van der Waals surface area contributed by atoms with E-state index in [4.69, 9.17) is 28.9 Å². The van der Waals surface area contributed by atoms with Gasteiger partial charge in [-0.25, -0.2) is 0 Å². The molecule has 0 spiro atoms. The molecule has 0 amide bonds. The van der Waals surface area contributed by atoms with Crippen molar-refractivity contribution in [2.45, 2.75) is 19.3 Å². The van der Waals surface area contributed by atoms with Crippen LogP contribution in [0.2, 0.25) is 0 Å². The molecule has 36 heavy (non-hydrogen) atoms. The van der Waals surface area contributed by atoms with Gasteiger partial charge in [-0.15, -0.1) is 12.1 Å². The first kappa shape index (κ1) is 27.1. The molecule has 0 N–H and O–H groups in total. The molecule has 0 fully saturated rings. The van der Waals surface area contributed by atoms with Crippen LogP contribution >= 0.6 is 0 Å². The molecule has 0 aliphatic rings. The van der Waals surface area contributed by atoms with Crippen LogP contribution in [0.4, 0.5) is 0 Å². The minimum atomic E-state index is -0.522. The maximum atomic E-state index is 5.45. The predicted molar refractivity (Wildman–Crippen MR) is 131 cm³/mol. The van der Waals surface area contributed by atoms with Crippen molar-refractivity contribution in [1.82, 2.24) is 19.9 Å². The Balaban J connectivity index is 0.00000361. The Labute approximate surface area is 225 Å². The van der Waals surface area contributed by atoms with Crippen molar-refractivity contribution in [3.05, 3.63) is 72.1 Å². The first-order chi connectivity index (χ1) is 16.9. The van der Waals surface area contributed by atoms with Crippen LogP contribution < -0.4 is 18.9 Å². The van der Waals surface area contributed by atoms with E-state index in [1.807, 2.05) is 36.4 Å². The Kier molecular flexibility index (Phi) is 8.64. The van der Waals surface area contributed by atoms with Crippen molar-refractivity contribution in [2.75, 3.05) is 28.4 Å². The molecule has 0 aromatic carbocycles. The first-order valence-corrected chi connectivity index (χ1v) is 10.9. The van der Waals surface area contributed by atoms with E-state index in [9.17, 15) is 0 Å². The van der Waals surface area contributed by atoms with Gasteiger partial charge in [-0.05, 0) is 37.4 Å². The molecule has 9 heteroatoms. The van der Waals surface area contributed by atoms with Crippen molar-refractivity contribution in [3.8, 4) is 46.0 Å². The van der Waals surface area contributed by atoms with E-state index in [1.165, 1.54) is 0 Å². The molecule has 4 aromatic rings. The average molecular weight is 666 g/mol. The van der Waals surface area contributed by atoms with E-state index in [2.05, 4.69) is 35.9 Å². The van der Waals surface area contributed by atoms with E-state index in [-0.39, 0.29) is 21.1 Å². The summed E-state index contributed by atoms with van der Waals surface area (Å²) < 4.78 is 21.3. The maximum Gasteiger partial charge on any atom is 2.00 e. The molecule has 0 saturated heterocycles. The van der Waals surface area contributed by atoms with Gasteiger partial charge in [-0.2, -0.15) is 0 Å². The summed E-state index contributed by atoms with van der Waals surface area (Å²) in [4.78, 5) is 18.5. The predicted octanol–water partition coefficient (Wildman–Crippen LogP) is 4.56. The van der Waals surface area contributed by atoms with Crippen molar-refractivity contribution < 1.29 is 40.0 Å². The van der Waals surface area contributed by atoms with E-state index in [1.54, 1.807) is 40.6 Å². The van der Waals surface area contributed by atoms with Gasteiger partial charge in [0.05, 0.1) is 28.4 Å². The topological polar surface area (TPSA) is 88.5 Å². The number of ether oxygens (including phenoxy) is 4. The zero-order chi connectivity index (χ0) is 25.0. The van der Waals surface area contributed by atoms with Crippen LogP contribution in [0.1, 0.15) is 25.2 Å². The molecule has 0 unspecified atom stereocenters. The van der Waals surface area contributed by atoms with Crippen LogP contribution in [0.3, 0.4) is 0 Å². The van der Waals surface area contributed by atoms with Gasteiger partial charge in [-0.1, -0.05) is 47.5 Å². The van der Waals surface area contributed by atoms with Gasteiger partial charge in [0, 0.05) is 16.8 Å². The van der Waals surface area contributed by atoms with E-state index in [0.29, 0.717) is 46.0 Å².